The van der Waals surface area contributed by atoms with Gasteiger partial charge in [0.1, 0.15) is 12.4 Å². The van der Waals surface area contributed by atoms with E-state index in [0.29, 0.717) is 24.9 Å². The first-order valence-corrected chi connectivity index (χ1v) is 8.52. The molecule has 1 aromatic heterocycles. The predicted molar refractivity (Wildman–Crippen MR) is 102 cm³/mol. The van der Waals surface area contributed by atoms with Crippen molar-refractivity contribution >= 4 is 0 Å². The van der Waals surface area contributed by atoms with Gasteiger partial charge in [0.2, 0.25) is 11.8 Å². The van der Waals surface area contributed by atoms with Crippen molar-refractivity contribution in [2.45, 2.75) is 20.0 Å². The summed E-state index contributed by atoms with van der Waals surface area (Å²) in [4.78, 5) is 2.13. The first-order valence-electron chi connectivity index (χ1n) is 8.52. The Bertz CT molecular complexity index is 858. The Labute approximate surface area is 153 Å². The minimum atomic E-state index is 0.531. The molecule has 0 aliphatic heterocycles. The van der Waals surface area contributed by atoms with E-state index in [4.69, 9.17) is 9.15 Å². The van der Waals surface area contributed by atoms with Crippen molar-refractivity contribution < 1.29 is 9.15 Å². The zero-order chi connectivity index (χ0) is 18.4. The van der Waals surface area contributed by atoms with E-state index in [-0.39, 0.29) is 0 Å². The molecule has 0 spiro atoms. The molecule has 0 saturated carbocycles. The third-order valence-electron chi connectivity index (χ3n) is 3.73. The van der Waals surface area contributed by atoms with E-state index < -0.39 is 0 Å². The Balaban J connectivity index is 1.59. The van der Waals surface area contributed by atoms with Crippen molar-refractivity contribution in [1.82, 2.24) is 15.1 Å². The van der Waals surface area contributed by atoms with Crippen LogP contribution in [0.1, 0.15) is 18.4 Å². The smallest absolute Gasteiger partial charge is 0.247 e. The Kier molecular flexibility index (Phi) is 5.81. The van der Waals surface area contributed by atoms with Crippen molar-refractivity contribution in [3.63, 3.8) is 0 Å². The number of aromatic nitrogens is 2. The molecule has 0 atom stereocenters. The van der Waals surface area contributed by atoms with Crippen molar-refractivity contribution in [2.24, 2.45) is 0 Å². The number of nitrogens with zero attached hydrogens (tertiary/aromatic N) is 3. The summed E-state index contributed by atoms with van der Waals surface area (Å²) in [6.07, 6.45) is 0. The van der Waals surface area contributed by atoms with Crippen LogP contribution in [0.4, 0.5) is 0 Å². The van der Waals surface area contributed by atoms with Crippen LogP contribution in [0, 0.1) is 0 Å². The highest BCUT2D eigenvalue weighted by Gasteiger charge is 2.11. The minimum Gasteiger partial charge on any atom is -0.489 e. The van der Waals surface area contributed by atoms with Crippen LogP contribution in [0.25, 0.3) is 11.5 Å². The summed E-state index contributed by atoms with van der Waals surface area (Å²) in [7, 11) is 2.02. The van der Waals surface area contributed by atoms with Gasteiger partial charge in [-0.2, -0.15) is 0 Å². The van der Waals surface area contributed by atoms with E-state index in [9.17, 15) is 0 Å². The van der Waals surface area contributed by atoms with Gasteiger partial charge >= 0.3 is 0 Å². The minimum absolute atomic E-state index is 0.531. The molecule has 0 saturated heterocycles. The fourth-order valence-electron chi connectivity index (χ4n) is 2.55. The zero-order valence-electron chi connectivity index (χ0n) is 15.2. The van der Waals surface area contributed by atoms with Crippen LogP contribution >= 0.6 is 0 Å². The van der Waals surface area contributed by atoms with Gasteiger partial charge in [0, 0.05) is 12.1 Å². The van der Waals surface area contributed by atoms with Crippen molar-refractivity contribution in [3.05, 3.63) is 78.2 Å². The van der Waals surface area contributed by atoms with E-state index >= 15 is 0 Å². The lowest BCUT2D eigenvalue weighted by molar-refractivity contribution is 0.282. The van der Waals surface area contributed by atoms with Gasteiger partial charge in [0.05, 0.1) is 6.54 Å². The lowest BCUT2D eigenvalue weighted by Gasteiger charge is -2.15. The molecule has 134 valence electrons. The highest BCUT2D eigenvalue weighted by molar-refractivity contribution is 5.51. The number of ether oxygens (including phenoxy) is 1. The van der Waals surface area contributed by atoms with Gasteiger partial charge in [0.25, 0.3) is 0 Å². The largest absolute Gasteiger partial charge is 0.489 e. The van der Waals surface area contributed by atoms with Crippen LogP contribution in [0.5, 0.6) is 5.75 Å². The summed E-state index contributed by atoms with van der Waals surface area (Å²) in [5, 5.41) is 8.28. The predicted octanol–water partition coefficient (Wildman–Crippen LogP) is 4.32. The average Bonchev–Trinajstić information content (AvgIpc) is 3.09. The first kappa shape index (κ1) is 17.9. The Morgan fingerprint density at radius 3 is 2.65 bits per heavy atom. The Hall–Kier alpha value is -2.92. The van der Waals surface area contributed by atoms with E-state index in [1.165, 1.54) is 0 Å². The molecule has 2 aromatic carbocycles. The molecule has 0 radical (unpaired) electrons. The standard InChI is InChI=1S/C21H23N3O2/c1-16(2)15-25-19-11-7-8-17(12-19)13-24(3)14-20-22-23-21(26-20)18-9-5-4-6-10-18/h4-12H,1,13-15H2,2-3H3. The first-order chi connectivity index (χ1) is 12.6. The molecule has 0 bridgehead atoms. The van der Waals surface area contributed by atoms with Gasteiger partial charge in [0.15, 0.2) is 0 Å². The van der Waals surface area contributed by atoms with Crippen LogP contribution in [0.15, 0.2) is 71.2 Å². The molecule has 0 N–H and O–H groups in total. The lowest BCUT2D eigenvalue weighted by Crippen LogP contribution is -2.17. The maximum absolute atomic E-state index is 5.77. The van der Waals surface area contributed by atoms with Crippen molar-refractivity contribution in [2.75, 3.05) is 13.7 Å². The molecular formula is C21H23N3O2. The second-order valence-electron chi connectivity index (χ2n) is 6.43. The highest BCUT2D eigenvalue weighted by atomic mass is 16.5. The van der Waals surface area contributed by atoms with Crippen LogP contribution in [0.2, 0.25) is 0 Å². The summed E-state index contributed by atoms with van der Waals surface area (Å²) >= 11 is 0. The molecular weight excluding hydrogens is 326 g/mol. The second kappa shape index (κ2) is 8.45. The zero-order valence-corrected chi connectivity index (χ0v) is 15.2. The molecule has 3 rings (SSSR count). The van der Waals surface area contributed by atoms with E-state index in [1.807, 2.05) is 62.5 Å². The van der Waals surface area contributed by atoms with Gasteiger partial charge in [-0.3, -0.25) is 4.90 Å². The maximum Gasteiger partial charge on any atom is 0.247 e. The topological polar surface area (TPSA) is 51.4 Å². The quantitative estimate of drug-likeness (QED) is 0.567. The van der Waals surface area contributed by atoms with Crippen LogP contribution in [0.3, 0.4) is 0 Å². The van der Waals surface area contributed by atoms with Gasteiger partial charge in [-0.1, -0.05) is 36.9 Å². The fraction of sp³-hybridized carbons (Fsp3) is 0.238. The molecule has 5 nitrogen and oxygen atoms in total. The molecule has 1 heterocycles. The van der Waals surface area contributed by atoms with E-state index in [0.717, 1.165) is 29.0 Å². The molecule has 5 heteroatoms. The van der Waals surface area contributed by atoms with Gasteiger partial charge in [-0.25, -0.2) is 0 Å². The highest BCUT2D eigenvalue weighted by Crippen LogP contribution is 2.19. The van der Waals surface area contributed by atoms with Gasteiger partial charge < -0.3 is 9.15 Å². The molecule has 0 aliphatic carbocycles. The normalized spacial score (nSPS) is 10.9. The molecule has 3 aromatic rings. The average molecular weight is 349 g/mol. The number of hydrogen-bond donors (Lipinski definition) is 0. The van der Waals surface area contributed by atoms with Crippen LogP contribution < -0.4 is 4.74 Å². The van der Waals surface area contributed by atoms with Crippen LogP contribution in [-0.4, -0.2) is 28.8 Å². The summed E-state index contributed by atoms with van der Waals surface area (Å²) in [6, 6.07) is 17.9. The molecule has 0 amide bonds. The summed E-state index contributed by atoms with van der Waals surface area (Å²) in [6.45, 7) is 7.67. The molecule has 0 unspecified atom stereocenters. The number of rotatable bonds is 8. The fourth-order valence-corrected chi connectivity index (χ4v) is 2.55. The third-order valence-corrected chi connectivity index (χ3v) is 3.73. The van der Waals surface area contributed by atoms with Crippen LogP contribution in [-0.2, 0) is 13.1 Å². The summed E-state index contributed by atoms with van der Waals surface area (Å²) < 4.78 is 11.5. The van der Waals surface area contributed by atoms with E-state index in [2.05, 4.69) is 27.7 Å². The number of hydrogen-bond acceptors (Lipinski definition) is 5. The van der Waals surface area contributed by atoms with Crippen molar-refractivity contribution in [3.8, 4) is 17.2 Å². The van der Waals surface area contributed by atoms with E-state index in [1.54, 1.807) is 0 Å². The Morgan fingerprint density at radius 1 is 1.08 bits per heavy atom. The number of benzene rings is 2. The summed E-state index contributed by atoms with van der Waals surface area (Å²) in [5.74, 6) is 1.99. The monoisotopic (exact) mass is 349 g/mol. The summed E-state index contributed by atoms with van der Waals surface area (Å²) in [5.41, 5.74) is 3.09. The molecule has 26 heavy (non-hydrogen) atoms. The van der Waals surface area contributed by atoms with Gasteiger partial charge in [-0.05, 0) is 49.4 Å². The second-order valence-corrected chi connectivity index (χ2v) is 6.43. The lowest BCUT2D eigenvalue weighted by atomic mass is 10.2. The molecule has 0 aliphatic rings. The maximum atomic E-state index is 5.77. The Morgan fingerprint density at radius 2 is 1.88 bits per heavy atom. The SMILES string of the molecule is C=C(C)COc1cccc(CN(C)Cc2nnc(-c3ccccc3)o2)c1. The third kappa shape index (κ3) is 5.04. The van der Waals surface area contributed by atoms with Crippen molar-refractivity contribution in [1.29, 1.82) is 0 Å². The van der Waals surface area contributed by atoms with Gasteiger partial charge in [-0.15, -0.1) is 10.2 Å². The molecule has 0 fully saturated rings.